The molecule has 1 aliphatic rings. The van der Waals surface area contributed by atoms with Crippen molar-refractivity contribution in [2.24, 2.45) is 5.92 Å². The Kier molecular flexibility index (Phi) is 3.24. The average molecular weight is 210 g/mol. The molecule has 5 heteroatoms. The molecule has 0 aromatic rings. The first-order valence-electron chi connectivity index (χ1n) is 4.80. The zero-order valence-electron chi connectivity index (χ0n) is 8.87. The molecule has 0 radical (unpaired) electrons. The fourth-order valence-corrected chi connectivity index (χ4v) is 1.48. The minimum Gasteiger partial charge on any atom is -0.277 e. The van der Waals surface area contributed by atoms with E-state index in [0.717, 1.165) is 4.90 Å². The quantitative estimate of drug-likeness (QED) is 0.550. The highest BCUT2D eigenvalue weighted by Gasteiger charge is 2.40. The number of carbonyl (C=O) groups excluding carboxylic acids is 3. The van der Waals surface area contributed by atoms with Crippen LogP contribution < -0.4 is 5.32 Å². The lowest BCUT2D eigenvalue weighted by Gasteiger charge is -2.29. The van der Waals surface area contributed by atoms with Crippen molar-refractivity contribution in [2.45, 2.75) is 20.3 Å². The average Bonchev–Trinajstić information content (AvgIpc) is 2.11. The van der Waals surface area contributed by atoms with E-state index >= 15 is 0 Å². The van der Waals surface area contributed by atoms with Crippen molar-refractivity contribution < 1.29 is 14.4 Å². The molecule has 5 nitrogen and oxygen atoms in total. The summed E-state index contributed by atoms with van der Waals surface area (Å²) in [6.07, 6.45) is 0.663. The molecule has 1 N–H and O–H groups in total. The lowest BCUT2D eigenvalue weighted by atomic mass is 9.97. The van der Waals surface area contributed by atoms with Crippen molar-refractivity contribution in [2.75, 3.05) is 6.54 Å². The van der Waals surface area contributed by atoms with Gasteiger partial charge >= 0.3 is 6.03 Å². The molecule has 0 bridgehead atoms. The van der Waals surface area contributed by atoms with E-state index in [0.29, 0.717) is 18.5 Å². The van der Waals surface area contributed by atoms with Gasteiger partial charge in [0.25, 0.3) is 0 Å². The van der Waals surface area contributed by atoms with Crippen molar-refractivity contribution in [1.82, 2.24) is 10.2 Å². The van der Waals surface area contributed by atoms with Crippen LogP contribution in [0.1, 0.15) is 20.3 Å². The van der Waals surface area contributed by atoms with Crippen LogP contribution in [-0.4, -0.2) is 29.3 Å². The monoisotopic (exact) mass is 210 g/mol. The Morgan fingerprint density at radius 3 is 2.53 bits per heavy atom. The molecule has 1 aliphatic heterocycles. The van der Waals surface area contributed by atoms with E-state index in [9.17, 15) is 14.4 Å². The smallest absolute Gasteiger partial charge is 0.277 e. The number of barbiturate groups is 1. The van der Waals surface area contributed by atoms with Gasteiger partial charge in [-0.2, -0.15) is 0 Å². The number of urea groups is 1. The first-order chi connectivity index (χ1) is 6.99. The molecule has 0 aliphatic carbocycles. The second kappa shape index (κ2) is 4.25. The third-order valence-electron chi connectivity index (χ3n) is 2.19. The van der Waals surface area contributed by atoms with Crippen LogP contribution in [-0.2, 0) is 9.59 Å². The van der Waals surface area contributed by atoms with E-state index in [-0.39, 0.29) is 0 Å². The maximum absolute atomic E-state index is 11.8. The lowest BCUT2D eigenvalue weighted by Crippen LogP contribution is -2.58. The van der Waals surface area contributed by atoms with Crippen molar-refractivity contribution >= 4 is 17.8 Å². The summed E-state index contributed by atoms with van der Waals surface area (Å²) in [4.78, 5) is 35.5. The number of carbonyl (C=O) groups is 3. The van der Waals surface area contributed by atoms with Crippen molar-refractivity contribution in [3.05, 3.63) is 12.2 Å². The summed E-state index contributed by atoms with van der Waals surface area (Å²) >= 11 is 0. The van der Waals surface area contributed by atoms with Gasteiger partial charge in [-0.3, -0.25) is 19.8 Å². The Labute approximate surface area is 88.1 Å². The molecule has 0 unspecified atom stereocenters. The highest BCUT2D eigenvalue weighted by atomic mass is 16.2. The van der Waals surface area contributed by atoms with E-state index in [4.69, 9.17) is 0 Å². The molecular weight excluding hydrogens is 196 g/mol. The topological polar surface area (TPSA) is 66.5 Å². The number of imide groups is 2. The molecule has 0 aromatic heterocycles. The second-order valence-corrected chi connectivity index (χ2v) is 3.56. The minimum atomic E-state index is -0.922. The van der Waals surface area contributed by atoms with Crippen LogP contribution in [0.2, 0.25) is 0 Å². The maximum atomic E-state index is 11.8. The van der Waals surface area contributed by atoms with E-state index < -0.39 is 23.8 Å². The maximum Gasteiger partial charge on any atom is 0.330 e. The molecule has 0 saturated carbocycles. The molecule has 1 fully saturated rings. The summed E-state index contributed by atoms with van der Waals surface area (Å²) in [6, 6.07) is -0.635. The summed E-state index contributed by atoms with van der Waals surface area (Å²) in [5, 5.41) is 2.14. The van der Waals surface area contributed by atoms with Gasteiger partial charge in [0.15, 0.2) is 0 Å². The molecule has 0 aromatic carbocycles. The second-order valence-electron chi connectivity index (χ2n) is 3.56. The van der Waals surface area contributed by atoms with E-state index in [1.165, 1.54) is 0 Å². The van der Waals surface area contributed by atoms with Gasteiger partial charge in [0.2, 0.25) is 11.8 Å². The van der Waals surface area contributed by atoms with E-state index in [2.05, 4.69) is 11.9 Å². The molecule has 4 amide bonds. The first-order valence-corrected chi connectivity index (χ1v) is 4.80. The summed E-state index contributed by atoms with van der Waals surface area (Å²) in [7, 11) is 0. The lowest BCUT2D eigenvalue weighted by molar-refractivity contribution is -0.140. The van der Waals surface area contributed by atoms with Crippen molar-refractivity contribution in [3.8, 4) is 0 Å². The van der Waals surface area contributed by atoms with Crippen LogP contribution in [0.4, 0.5) is 4.79 Å². The van der Waals surface area contributed by atoms with E-state index in [1.54, 1.807) is 6.92 Å². The van der Waals surface area contributed by atoms with E-state index in [1.807, 2.05) is 6.92 Å². The summed E-state index contributed by atoms with van der Waals surface area (Å²) in [5.74, 6) is -1.97. The zero-order chi connectivity index (χ0) is 11.6. The van der Waals surface area contributed by atoms with Gasteiger partial charge in [0.1, 0.15) is 5.92 Å². The molecule has 1 saturated heterocycles. The minimum absolute atomic E-state index is 0.321. The molecule has 15 heavy (non-hydrogen) atoms. The molecule has 0 spiro atoms. The predicted molar refractivity (Wildman–Crippen MR) is 53.8 cm³/mol. The van der Waals surface area contributed by atoms with Gasteiger partial charge in [0.05, 0.1) is 0 Å². The number of rotatable bonds is 3. The van der Waals surface area contributed by atoms with Gasteiger partial charge in [-0.05, 0) is 13.3 Å². The number of hydrogen-bond acceptors (Lipinski definition) is 3. The van der Waals surface area contributed by atoms with Gasteiger partial charge in [-0.25, -0.2) is 4.79 Å². The first kappa shape index (κ1) is 11.4. The standard InChI is InChI=1S/C10H14N2O3/c1-4-5-12-9(14)7(6(2)3)8(13)11-10(12)15/h7H,2,4-5H2,1,3H3,(H,11,13,15)/t7-/m0/s1. The number of hydrogen-bond donors (Lipinski definition) is 1. The summed E-state index contributed by atoms with van der Waals surface area (Å²) in [5.41, 5.74) is 0.450. The van der Waals surface area contributed by atoms with Crippen LogP contribution in [0, 0.1) is 5.92 Å². The van der Waals surface area contributed by atoms with Crippen LogP contribution >= 0.6 is 0 Å². The number of nitrogens with zero attached hydrogens (tertiary/aromatic N) is 1. The third kappa shape index (κ3) is 2.06. The number of amides is 4. The molecule has 1 heterocycles. The summed E-state index contributed by atoms with van der Waals surface area (Å²) in [6.45, 7) is 7.35. The largest absolute Gasteiger partial charge is 0.330 e. The SMILES string of the molecule is C=C(C)[C@H]1C(=O)NC(=O)N(CCC)C1=O. The molecule has 1 rings (SSSR count). The molecular formula is C10H14N2O3. The normalized spacial score (nSPS) is 21.6. The molecule has 82 valence electrons. The Bertz CT molecular complexity index is 336. The summed E-state index contributed by atoms with van der Waals surface area (Å²) < 4.78 is 0. The Hall–Kier alpha value is -1.65. The van der Waals surface area contributed by atoms with Crippen LogP contribution in [0.25, 0.3) is 0 Å². The predicted octanol–water partition coefficient (Wildman–Crippen LogP) is 0.667. The van der Waals surface area contributed by atoms with Gasteiger partial charge in [-0.1, -0.05) is 19.1 Å². The third-order valence-corrected chi connectivity index (χ3v) is 2.19. The highest BCUT2D eigenvalue weighted by molar-refractivity contribution is 6.17. The number of nitrogens with one attached hydrogen (secondary N) is 1. The Morgan fingerprint density at radius 2 is 2.07 bits per heavy atom. The van der Waals surface area contributed by atoms with Crippen LogP contribution in [0.3, 0.4) is 0 Å². The Morgan fingerprint density at radius 1 is 1.47 bits per heavy atom. The van der Waals surface area contributed by atoms with Crippen LogP contribution in [0.15, 0.2) is 12.2 Å². The molecule has 1 atom stereocenters. The van der Waals surface area contributed by atoms with Crippen molar-refractivity contribution in [1.29, 1.82) is 0 Å². The fraction of sp³-hybridized carbons (Fsp3) is 0.500. The Balaban J connectivity index is 2.94. The fourth-order valence-electron chi connectivity index (χ4n) is 1.48. The highest BCUT2D eigenvalue weighted by Crippen LogP contribution is 2.17. The van der Waals surface area contributed by atoms with Gasteiger partial charge < -0.3 is 0 Å². The zero-order valence-corrected chi connectivity index (χ0v) is 8.87. The van der Waals surface area contributed by atoms with Crippen LogP contribution in [0.5, 0.6) is 0 Å². The van der Waals surface area contributed by atoms with Gasteiger partial charge in [-0.15, -0.1) is 0 Å². The van der Waals surface area contributed by atoms with Crippen molar-refractivity contribution in [3.63, 3.8) is 0 Å². The van der Waals surface area contributed by atoms with Gasteiger partial charge in [0, 0.05) is 6.54 Å².